The number of nitrogens with zero attached hydrogens (tertiary/aromatic N) is 1. The summed E-state index contributed by atoms with van der Waals surface area (Å²) in [5.74, 6) is -0.795. The minimum Gasteiger partial charge on any atom is -0.318 e. The fourth-order valence-corrected chi connectivity index (χ4v) is 2.62. The first kappa shape index (κ1) is 11.1. The van der Waals surface area contributed by atoms with E-state index in [2.05, 4.69) is 0 Å². The molecule has 2 unspecified atom stereocenters. The predicted octanol–water partition coefficient (Wildman–Crippen LogP) is -0.300. The van der Waals surface area contributed by atoms with Gasteiger partial charge in [0.25, 0.3) is 5.91 Å². The van der Waals surface area contributed by atoms with E-state index in [0.717, 1.165) is 0 Å². The van der Waals surface area contributed by atoms with E-state index >= 15 is 0 Å². The molecule has 2 atom stereocenters. The second-order valence-corrected chi connectivity index (χ2v) is 4.78. The van der Waals surface area contributed by atoms with Crippen molar-refractivity contribution < 1.29 is 17.8 Å². The van der Waals surface area contributed by atoms with Crippen molar-refractivity contribution >= 4 is 16.2 Å². The van der Waals surface area contributed by atoms with Crippen molar-refractivity contribution in [1.29, 1.82) is 0 Å². The maximum atomic E-state index is 11.3. The number of β-lactam (4-membered cyclic amide) rings is 1. The van der Waals surface area contributed by atoms with E-state index in [-0.39, 0.29) is 0 Å². The van der Waals surface area contributed by atoms with Crippen molar-refractivity contribution in [3.8, 4) is 0 Å². The first-order chi connectivity index (χ1) is 7.43. The summed E-state index contributed by atoms with van der Waals surface area (Å²) in [6.07, 6.45) is 0. The monoisotopic (exact) mass is 242 g/mol. The van der Waals surface area contributed by atoms with E-state index in [0.29, 0.717) is 9.87 Å². The molecule has 0 spiro atoms. The van der Waals surface area contributed by atoms with Gasteiger partial charge in [-0.3, -0.25) is 9.35 Å². The Morgan fingerprint density at radius 2 is 1.81 bits per heavy atom. The number of hydrogen-bond acceptors (Lipinski definition) is 4. The topological polar surface area (TPSA) is 101 Å². The number of carbonyl (C=O) groups is 1. The number of hydrogen-bond donors (Lipinski definition) is 2. The van der Waals surface area contributed by atoms with Crippen LogP contribution in [0, 0.1) is 0 Å². The molecule has 1 aliphatic heterocycles. The predicted molar refractivity (Wildman–Crippen MR) is 55.6 cm³/mol. The van der Waals surface area contributed by atoms with Gasteiger partial charge in [-0.05, 0) is 5.56 Å². The summed E-state index contributed by atoms with van der Waals surface area (Å²) < 4.78 is 31.2. The molecule has 16 heavy (non-hydrogen) atoms. The third kappa shape index (κ3) is 1.58. The highest BCUT2D eigenvalue weighted by Crippen LogP contribution is 2.35. The molecule has 1 heterocycles. The minimum atomic E-state index is -4.54. The zero-order chi connectivity index (χ0) is 11.9. The van der Waals surface area contributed by atoms with Crippen molar-refractivity contribution in [2.45, 2.75) is 12.1 Å². The van der Waals surface area contributed by atoms with Gasteiger partial charge >= 0.3 is 10.3 Å². The molecule has 2 rings (SSSR count). The molecule has 6 nitrogen and oxygen atoms in total. The van der Waals surface area contributed by atoms with Gasteiger partial charge in [-0.25, -0.2) is 4.31 Å². The summed E-state index contributed by atoms with van der Waals surface area (Å²) >= 11 is 0. The van der Waals surface area contributed by atoms with Crippen molar-refractivity contribution in [3.05, 3.63) is 35.9 Å². The van der Waals surface area contributed by atoms with Crippen molar-refractivity contribution in [1.82, 2.24) is 4.31 Å². The normalized spacial score (nSPS) is 25.4. The number of nitrogens with two attached hydrogens (primary N) is 1. The molecule has 1 aliphatic rings. The van der Waals surface area contributed by atoms with E-state index in [1.807, 2.05) is 0 Å². The molecule has 86 valence electrons. The van der Waals surface area contributed by atoms with Gasteiger partial charge in [0.05, 0.1) is 6.04 Å². The quantitative estimate of drug-likeness (QED) is 0.547. The second-order valence-electron chi connectivity index (χ2n) is 3.49. The molecular weight excluding hydrogens is 232 g/mol. The molecule has 1 amide bonds. The smallest absolute Gasteiger partial charge is 0.318 e. The van der Waals surface area contributed by atoms with Gasteiger partial charge < -0.3 is 5.73 Å². The minimum absolute atomic E-state index is 0.396. The zero-order valence-corrected chi connectivity index (χ0v) is 8.96. The average molecular weight is 242 g/mol. The van der Waals surface area contributed by atoms with E-state index in [1.165, 1.54) is 0 Å². The van der Waals surface area contributed by atoms with Crippen LogP contribution in [-0.4, -0.2) is 29.2 Å². The lowest BCUT2D eigenvalue weighted by Gasteiger charge is -2.42. The van der Waals surface area contributed by atoms with Gasteiger partial charge in [-0.15, -0.1) is 0 Å². The summed E-state index contributed by atoms with van der Waals surface area (Å²) in [6.45, 7) is 0. The second kappa shape index (κ2) is 3.55. The summed E-state index contributed by atoms with van der Waals surface area (Å²) in [5, 5.41) is 0. The number of benzene rings is 1. The van der Waals surface area contributed by atoms with Crippen LogP contribution in [0.3, 0.4) is 0 Å². The van der Waals surface area contributed by atoms with E-state index in [4.69, 9.17) is 10.3 Å². The number of amides is 1. The molecule has 3 N–H and O–H groups in total. The SMILES string of the molecule is NC1C(=O)N(S(=O)(=O)O)C1c1ccccc1. The Morgan fingerprint density at radius 3 is 2.31 bits per heavy atom. The molecule has 0 aromatic heterocycles. The highest BCUT2D eigenvalue weighted by molar-refractivity contribution is 7.84. The van der Waals surface area contributed by atoms with Crippen LogP contribution >= 0.6 is 0 Å². The molecule has 7 heteroatoms. The highest BCUT2D eigenvalue weighted by Gasteiger charge is 2.51. The number of rotatable bonds is 2. The first-order valence-corrected chi connectivity index (χ1v) is 5.94. The zero-order valence-electron chi connectivity index (χ0n) is 8.15. The molecule has 1 fully saturated rings. The lowest BCUT2D eigenvalue weighted by atomic mass is 9.92. The van der Waals surface area contributed by atoms with Gasteiger partial charge in [0.2, 0.25) is 0 Å². The standard InChI is InChI=1S/C9H10N2O4S/c10-7-8(6-4-2-1-3-5-6)11(9(7)12)16(13,14)15/h1-5,7-8H,10H2,(H,13,14,15). The van der Waals surface area contributed by atoms with Crippen LogP contribution in [0.25, 0.3) is 0 Å². The molecule has 1 aromatic carbocycles. The number of carbonyl (C=O) groups excluding carboxylic acids is 1. The fraction of sp³-hybridized carbons (Fsp3) is 0.222. The Hall–Kier alpha value is -1.44. The summed E-state index contributed by atoms with van der Waals surface area (Å²) in [6, 6.07) is 6.71. The lowest BCUT2D eigenvalue weighted by Crippen LogP contribution is -2.64. The van der Waals surface area contributed by atoms with Crippen LogP contribution in [0.5, 0.6) is 0 Å². The third-order valence-corrected chi connectivity index (χ3v) is 3.39. The van der Waals surface area contributed by atoms with Gasteiger partial charge in [-0.2, -0.15) is 8.42 Å². The third-order valence-electron chi connectivity index (χ3n) is 2.48. The maximum Gasteiger partial charge on any atom is 0.362 e. The Balaban J connectivity index is 2.39. The van der Waals surface area contributed by atoms with Crippen LogP contribution in [0.4, 0.5) is 0 Å². The van der Waals surface area contributed by atoms with E-state index in [1.54, 1.807) is 30.3 Å². The van der Waals surface area contributed by atoms with Crippen LogP contribution in [0.2, 0.25) is 0 Å². The Bertz CT molecular complexity index is 514. The van der Waals surface area contributed by atoms with Crippen LogP contribution < -0.4 is 5.73 Å². The van der Waals surface area contributed by atoms with Crippen molar-refractivity contribution in [2.24, 2.45) is 5.73 Å². The Morgan fingerprint density at radius 1 is 1.25 bits per heavy atom. The van der Waals surface area contributed by atoms with E-state index in [9.17, 15) is 13.2 Å². The largest absolute Gasteiger partial charge is 0.362 e. The van der Waals surface area contributed by atoms with Gasteiger partial charge in [0, 0.05) is 0 Å². The summed E-state index contributed by atoms with van der Waals surface area (Å²) in [7, 11) is -4.54. The highest BCUT2D eigenvalue weighted by atomic mass is 32.2. The molecule has 1 saturated heterocycles. The van der Waals surface area contributed by atoms with Crippen LogP contribution in [0.15, 0.2) is 30.3 Å². The molecule has 0 aliphatic carbocycles. The average Bonchev–Trinajstić information content (AvgIpc) is 2.23. The summed E-state index contributed by atoms with van der Waals surface area (Å²) in [5.41, 5.74) is 6.09. The molecule has 0 radical (unpaired) electrons. The summed E-state index contributed by atoms with van der Waals surface area (Å²) in [4.78, 5) is 11.3. The van der Waals surface area contributed by atoms with Crippen molar-refractivity contribution in [2.75, 3.05) is 0 Å². The van der Waals surface area contributed by atoms with E-state index < -0.39 is 28.3 Å². The van der Waals surface area contributed by atoms with Crippen molar-refractivity contribution in [3.63, 3.8) is 0 Å². The Labute approximate surface area is 92.5 Å². The Kier molecular flexibility index (Phi) is 2.45. The maximum absolute atomic E-state index is 11.3. The fourth-order valence-electron chi connectivity index (χ4n) is 1.73. The van der Waals surface area contributed by atoms with Crippen LogP contribution in [0.1, 0.15) is 11.6 Å². The van der Waals surface area contributed by atoms with Gasteiger partial charge in [0.1, 0.15) is 6.04 Å². The molecule has 1 aromatic rings. The first-order valence-electron chi connectivity index (χ1n) is 4.54. The van der Waals surface area contributed by atoms with Gasteiger partial charge in [0.15, 0.2) is 0 Å². The van der Waals surface area contributed by atoms with Crippen LogP contribution in [-0.2, 0) is 15.1 Å². The molecule has 0 saturated carbocycles. The molecule has 0 bridgehead atoms. The lowest BCUT2D eigenvalue weighted by molar-refractivity contribution is -0.141. The molecular formula is C9H10N2O4S. The van der Waals surface area contributed by atoms with Gasteiger partial charge in [-0.1, -0.05) is 30.3 Å².